The summed E-state index contributed by atoms with van der Waals surface area (Å²) in [6.07, 6.45) is 2.81. The van der Waals surface area contributed by atoms with Crippen LogP contribution in [0.2, 0.25) is 0 Å². The second-order valence-electron chi connectivity index (χ2n) is 7.14. The Hall–Kier alpha value is -2.47. The number of carbonyl (C=O) groups excluding carboxylic acids is 1. The maximum Gasteiger partial charge on any atom is 0.253 e. The third-order valence-electron chi connectivity index (χ3n) is 5.36. The summed E-state index contributed by atoms with van der Waals surface area (Å²) in [5.74, 6) is 1.71. The summed E-state index contributed by atoms with van der Waals surface area (Å²) in [7, 11) is 0. The van der Waals surface area contributed by atoms with Crippen molar-refractivity contribution >= 4 is 11.7 Å². The molecular formula is C20H25N5O. The van der Waals surface area contributed by atoms with Crippen LogP contribution in [-0.4, -0.2) is 71.7 Å². The van der Waals surface area contributed by atoms with Gasteiger partial charge in [-0.15, -0.1) is 5.10 Å². The van der Waals surface area contributed by atoms with Gasteiger partial charge in [0.05, 0.1) is 0 Å². The van der Waals surface area contributed by atoms with Crippen LogP contribution in [-0.2, 0) is 0 Å². The van der Waals surface area contributed by atoms with Gasteiger partial charge in [-0.05, 0) is 36.6 Å². The zero-order valence-electron chi connectivity index (χ0n) is 15.0. The number of aromatic nitrogens is 2. The van der Waals surface area contributed by atoms with Gasteiger partial charge in [0.1, 0.15) is 0 Å². The van der Waals surface area contributed by atoms with E-state index in [1.165, 1.54) is 0 Å². The van der Waals surface area contributed by atoms with E-state index in [9.17, 15) is 4.79 Å². The predicted octanol–water partition coefficient (Wildman–Crippen LogP) is 1.76. The number of rotatable bonds is 4. The number of hydrogen-bond acceptors (Lipinski definition) is 5. The average Bonchev–Trinajstić information content (AvgIpc) is 3.18. The summed E-state index contributed by atoms with van der Waals surface area (Å²) in [6.45, 7) is 6.87. The van der Waals surface area contributed by atoms with Crippen molar-refractivity contribution in [2.45, 2.75) is 6.42 Å². The van der Waals surface area contributed by atoms with Crippen molar-refractivity contribution in [2.75, 3.05) is 50.7 Å². The van der Waals surface area contributed by atoms with Gasteiger partial charge in [0, 0.05) is 57.6 Å². The second kappa shape index (κ2) is 7.83. The Labute approximate surface area is 154 Å². The smallest absolute Gasteiger partial charge is 0.253 e. The normalized spacial score (nSPS) is 21.2. The molecule has 1 aromatic heterocycles. The molecule has 0 spiro atoms. The van der Waals surface area contributed by atoms with Crippen LogP contribution in [0.5, 0.6) is 0 Å². The molecule has 1 aromatic carbocycles. The fourth-order valence-electron chi connectivity index (χ4n) is 3.92. The van der Waals surface area contributed by atoms with Gasteiger partial charge in [-0.3, -0.25) is 9.69 Å². The molecule has 2 saturated heterocycles. The summed E-state index contributed by atoms with van der Waals surface area (Å²) < 4.78 is 0. The fourth-order valence-corrected chi connectivity index (χ4v) is 3.92. The third kappa shape index (κ3) is 3.85. The minimum absolute atomic E-state index is 0.167. The van der Waals surface area contributed by atoms with Crippen LogP contribution in [0.15, 0.2) is 48.7 Å². The first-order valence-electron chi connectivity index (χ1n) is 9.39. The Morgan fingerprint density at radius 1 is 1.00 bits per heavy atom. The van der Waals surface area contributed by atoms with Gasteiger partial charge in [-0.25, -0.2) is 0 Å². The van der Waals surface area contributed by atoms with E-state index in [-0.39, 0.29) is 5.91 Å². The summed E-state index contributed by atoms with van der Waals surface area (Å²) in [5, 5.41) is 8.17. The highest BCUT2D eigenvalue weighted by molar-refractivity contribution is 5.94. The van der Waals surface area contributed by atoms with Gasteiger partial charge in [-0.1, -0.05) is 18.2 Å². The topological polar surface area (TPSA) is 52.6 Å². The first kappa shape index (κ1) is 17.0. The van der Waals surface area contributed by atoms with Crippen molar-refractivity contribution in [1.82, 2.24) is 20.0 Å². The molecule has 1 atom stereocenters. The van der Waals surface area contributed by atoms with Crippen molar-refractivity contribution < 1.29 is 4.79 Å². The van der Waals surface area contributed by atoms with Gasteiger partial charge >= 0.3 is 0 Å². The first-order chi connectivity index (χ1) is 12.8. The van der Waals surface area contributed by atoms with Crippen LogP contribution in [0.3, 0.4) is 0 Å². The summed E-state index contributed by atoms with van der Waals surface area (Å²) in [5.41, 5.74) is 0.797. The standard InChI is InChI=1S/C20H25N5O/c26-20(18-5-2-1-3-6-18)25-10-8-17(16-25)15-23-11-13-24(14-12-23)19-7-4-9-21-22-19/h1-7,9,17H,8,10-16H2/t17-/m0/s1. The Morgan fingerprint density at radius 3 is 2.54 bits per heavy atom. The quantitative estimate of drug-likeness (QED) is 0.840. The van der Waals surface area contributed by atoms with Crippen LogP contribution in [0.4, 0.5) is 5.82 Å². The van der Waals surface area contributed by atoms with Crippen LogP contribution >= 0.6 is 0 Å². The van der Waals surface area contributed by atoms with Crippen LogP contribution in [0.25, 0.3) is 0 Å². The lowest BCUT2D eigenvalue weighted by atomic mass is 10.1. The van der Waals surface area contributed by atoms with Gasteiger partial charge in [0.15, 0.2) is 5.82 Å². The molecule has 0 bridgehead atoms. The van der Waals surface area contributed by atoms with E-state index < -0.39 is 0 Å². The van der Waals surface area contributed by atoms with Crippen molar-refractivity contribution in [3.05, 3.63) is 54.2 Å². The minimum Gasteiger partial charge on any atom is -0.353 e. The molecule has 26 heavy (non-hydrogen) atoms. The van der Waals surface area contributed by atoms with Gasteiger partial charge in [0.2, 0.25) is 0 Å². The molecule has 6 heteroatoms. The van der Waals surface area contributed by atoms with E-state index in [4.69, 9.17) is 0 Å². The first-order valence-corrected chi connectivity index (χ1v) is 9.39. The molecule has 2 aromatic rings. The summed E-state index contributed by atoms with van der Waals surface area (Å²) in [4.78, 5) is 19.4. The summed E-state index contributed by atoms with van der Waals surface area (Å²) in [6, 6.07) is 13.6. The lowest BCUT2D eigenvalue weighted by molar-refractivity contribution is 0.0783. The molecule has 1 amide bonds. The number of nitrogens with zero attached hydrogens (tertiary/aromatic N) is 5. The van der Waals surface area contributed by atoms with Crippen molar-refractivity contribution in [3.8, 4) is 0 Å². The zero-order chi connectivity index (χ0) is 17.8. The highest BCUT2D eigenvalue weighted by Crippen LogP contribution is 2.21. The number of benzene rings is 1. The molecular weight excluding hydrogens is 326 g/mol. The molecule has 2 aliphatic rings. The van der Waals surface area contributed by atoms with Crippen molar-refractivity contribution in [3.63, 3.8) is 0 Å². The lowest BCUT2D eigenvalue weighted by Gasteiger charge is -2.36. The third-order valence-corrected chi connectivity index (χ3v) is 5.36. The zero-order valence-corrected chi connectivity index (χ0v) is 15.0. The summed E-state index contributed by atoms with van der Waals surface area (Å²) >= 11 is 0. The molecule has 136 valence electrons. The van der Waals surface area contributed by atoms with Gasteiger partial charge < -0.3 is 9.80 Å². The lowest BCUT2D eigenvalue weighted by Crippen LogP contribution is -2.48. The van der Waals surface area contributed by atoms with E-state index in [0.717, 1.165) is 63.6 Å². The number of piperazine rings is 1. The Morgan fingerprint density at radius 2 is 1.81 bits per heavy atom. The molecule has 2 aliphatic heterocycles. The highest BCUT2D eigenvalue weighted by Gasteiger charge is 2.29. The molecule has 0 radical (unpaired) electrons. The van der Waals surface area contributed by atoms with E-state index >= 15 is 0 Å². The maximum absolute atomic E-state index is 12.6. The number of carbonyl (C=O) groups is 1. The Balaban J connectivity index is 1.25. The predicted molar refractivity (Wildman–Crippen MR) is 101 cm³/mol. The van der Waals surface area contributed by atoms with Crippen molar-refractivity contribution in [1.29, 1.82) is 0 Å². The van der Waals surface area contributed by atoms with E-state index in [1.54, 1.807) is 6.20 Å². The molecule has 0 N–H and O–H groups in total. The second-order valence-corrected chi connectivity index (χ2v) is 7.14. The monoisotopic (exact) mass is 351 g/mol. The molecule has 4 rings (SSSR count). The highest BCUT2D eigenvalue weighted by atomic mass is 16.2. The Bertz CT molecular complexity index is 715. The number of likely N-dealkylation sites (tertiary alicyclic amines) is 1. The number of hydrogen-bond donors (Lipinski definition) is 0. The largest absolute Gasteiger partial charge is 0.353 e. The SMILES string of the molecule is O=C(c1ccccc1)N1CC[C@@H](CN2CCN(c3cccnn3)CC2)C1. The minimum atomic E-state index is 0.167. The fraction of sp³-hybridized carbons (Fsp3) is 0.450. The average molecular weight is 351 g/mol. The van der Waals surface area contributed by atoms with Crippen LogP contribution < -0.4 is 4.90 Å². The van der Waals surface area contributed by atoms with Crippen LogP contribution in [0.1, 0.15) is 16.8 Å². The van der Waals surface area contributed by atoms with E-state index in [1.807, 2.05) is 47.4 Å². The van der Waals surface area contributed by atoms with Gasteiger partial charge in [-0.2, -0.15) is 5.10 Å². The Kier molecular flexibility index (Phi) is 5.11. The van der Waals surface area contributed by atoms with Crippen molar-refractivity contribution in [2.24, 2.45) is 5.92 Å². The molecule has 0 aliphatic carbocycles. The molecule has 0 saturated carbocycles. The van der Waals surface area contributed by atoms with Crippen LogP contribution in [0, 0.1) is 5.92 Å². The van der Waals surface area contributed by atoms with Gasteiger partial charge in [0.25, 0.3) is 5.91 Å². The molecule has 6 nitrogen and oxygen atoms in total. The van der Waals surface area contributed by atoms with E-state index in [0.29, 0.717) is 5.92 Å². The maximum atomic E-state index is 12.6. The van der Waals surface area contributed by atoms with E-state index in [2.05, 4.69) is 20.0 Å². The molecule has 0 unspecified atom stereocenters. The number of amides is 1. The molecule has 3 heterocycles. The molecule has 2 fully saturated rings. The number of anilines is 1.